The normalized spacial score (nSPS) is 16.4. The molecule has 1 amide bonds. The number of hydrogen-bond acceptors (Lipinski definition) is 7. The van der Waals surface area contributed by atoms with Crippen molar-refractivity contribution in [2.45, 2.75) is 25.8 Å². The zero-order valence-electron chi connectivity index (χ0n) is 21.3. The van der Waals surface area contributed by atoms with Gasteiger partial charge in [0.25, 0.3) is 0 Å². The Balaban J connectivity index is 1.48. The number of thioether (sulfide) groups is 1. The average molecular weight is 559 g/mol. The van der Waals surface area contributed by atoms with Crippen molar-refractivity contribution in [3.05, 3.63) is 118 Å². The number of fused-ring (bicyclic) bond motifs is 1. The van der Waals surface area contributed by atoms with E-state index < -0.39 is 12.0 Å². The molecule has 0 saturated carbocycles. The van der Waals surface area contributed by atoms with Crippen molar-refractivity contribution in [2.24, 2.45) is 4.99 Å². The number of aliphatic imine (C=N–C) groups is 1. The van der Waals surface area contributed by atoms with Crippen molar-refractivity contribution in [3.8, 4) is 0 Å². The molecule has 3 aromatic rings. The van der Waals surface area contributed by atoms with E-state index in [-0.39, 0.29) is 18.9 Å². The summed E-state index contributed by atoms with van der Waals surface area (Å²) in [7, 11) is 0. The number of pyridine rings is 1. The van der Waals surface area contributed by atoms with Crippen molar-refractivity contribution in [1.29, 1.82) is 0 Å². The van der Waals surface area contributed by atoms with Crippen LogP contribution in [0.15, 0.2) is 101 Å². The lowest BCUT2D eigenvalue weighted by Gasteiger charge is -2.37. The van der Waals surface area contributed by atoms with Crippen LogP contribution in [0, 0.1) is 0 Å². The Bertz CT molecular complexity index is 1460. The molecule has 0 spiro atoms. The molecule has 3 heterocycles. The number of hydrogen-bond donors (Lipinski definition) is 1. The second kappa shape index (κ2) is 12.3. The fourth-order valence-corrected chi connectivity index (χ4v) is 5.74. The summed E-state index contributed by atoms with van der Waals surface area (Å²) in [6.07, 6.45) is 2.49. The van der Waals surface area contributed by atoms with E-state index in [4.69, 9.17) is 21.3 Å². The molecule has 39 heavy (non-hydrogen) atoms. The third-order valence-electron chi connectivity index (χ3n) is 6.32. The maximum Gasteiger partial charge on any atom is 0.338 e. The van der Waals surface area contributed by atoms with Gasteiger partial charge < -0.3 is 15.0 Å². The molecule has 1 aromatic heterocycles. The quantitative estimate of drug-likeness (QED) is 0.336. The monoisotopic (exact) mass is 558 g/mol. The third kappa shape index (κ3) is 5.92. The minimum Gasteiger partial charge on any atom is -0.463 e. The second-order valence-corrected chi connectivity index (χ2v) is 10.1. The van der Waals surface area contributed by atoms with Gasteiger partial charge in [0.15, 0.2) is 5.17 Å². The number of amidine groups is 1. The Hall–Kier alpha value is -3.88. The molecule has 0 radical (unpaired) electrons. The summed E-state index contributed by atoms with van der Waals surface area (Å²) in [6.45, 7) is 2.46. The third-order valence-corrected chi connectivity index (χ3v) is 7.56. The number of ether oxygens (including phenoxy) is 1. The summed E-state index contributed by atoms with van der Waals surface area (Å²) in [6, 6.07) is 22.1. The van der Waals surface area contributed by atoms with Gasteiger partial charge in [-0.05, 0) is 36.1 Å². The molecule has 0 saturated heterocycles. The van der Waals surface area contributed by atoms with Gasteiger partial charge in [-0.1, -0.05) is 78.0 Å². The van der Waals surface area contributed by atoms with Crippen LogP contribution in [0.5, 0.6) is 0 Å². The van der Waals surface area contributed by atoms with Crippen LogP contribution >= 0.6 is 23.4 Å². The number of benzene rings is 2. The van der Waals surface area contributed by atoms with Gasteiger partial charge in [-0.2, -0.15) is 0 Å². The van der Waals surface area contributed by atoms with E-state index >= 15 is 0 Å². The number of rotatable bonds is 9. The highest BCUT2D eigenvalue weighted by atomic mass is 35.5. The molecule has 2 aliphatic rings. The maximum absolute atomic E-state index is 13.5. The molecule has 1 unspecified atom stereocenters. The van der Waals surface area contributed by atoms with Gasteiger partial charge in [-0.3, -0.25) is 9.78 Å². The summed E-state index contributed by atoms with van der Waals surface area (Å²) >= 11 is 8.14. The number of carbonyl (C=O) groups is 2. The summed E-state index contributed by atoms with van der Waals surface area (Å²) < 4.78 is 5.54. The van der Waals surface area contributed by atoms with Crippen molar-refractivity contribution < 1.29 is 14.3 Å². The molecule has 5 rings (SSSR count). The molecular formula is C30H27ClN4O3S. The molecule has 7 nitrogen and oxygen atoms in total. The smallest absolute Gasteiger partial charge is 0.338 e. The predicted octanol–water partition coefficient (Wildman–Crippen LogP) is 5.76. The van der Waals surface area contributed by atoms with E-state index in [9.17, 15) is 9.59 Å². The molecule has 1 N–H and O–H groups in total. The first kappa shape index (κ1) is 26.7. The fourth-order valence-electron chi connectivity index (χ4n) is 4.58. The Labute approximate surface area is 236 Å². The van der Waals surface area contributed by atoms with Crippen LogP contribution in [-0.4, -0.2) is 40.1 Å². The summed E-state index contributed by atoms with van der Waals surface area (Å²) in [5.74, 6) is -0.604. The molecule has 0 aliphatic carbocycles. The number of nitrogens with zero attached hydrogens (tertiary/aromatic N) is 3. The Kier molecular flexibility index (Phi) is 8.44. The van der Waals surface area contributed by atoms with Crippen molar-refractivity contribution in [1.82, 2.24) is 15.2 Å². The first-order valence-corrected chi connectivity index (χ1v) is 13.9. The van der Waals surface area contributed by atoms with Gasteiger partial charge in [0.1, 0.15) is 0 Å². The van der Waals surface area contributed by atoms with Crippen LogP contribution in [0.25, 0.3) is 5.70 Å². The largest absolute Gasteiger partial charge is 0.463 e. The Morgan fingerprint density at radius 1 is 1.05 bits per heavy atom. The lowest BCUT2D eigenvalue weighted by Crippen LogP contribution is -2.38. The van der Waals surface area contributed by atoms with E-state index in [0.717, 1.165) is 22.5 Å². The molecule has 0 bridgehead atoms. The molecule has 2 aromatic carbocycles. The van der Waals surface area contributed by atoms with Crippen molar-refractivity contribution >= 4 is 46.1 Å². The van der Waals surface area contributed by atoms with Gasteiger partial charge in [-0.25, -0.2) is 9.79 Å². The van der Waals surface area contributed by atoms with Crippen LogP contribution in [-0.2, 0) is 20.7 Å². The minimum atomic E-state index is -0.622. The van der Waals surface area contributed by atoms with Gasteiger partial charge in [0, 0.05) is 41.1 Å². The Morgan fingerprint density at radius 3 is 2.56 bits per heavy atom. The standard InChI is InChI=1S/C30H27ClN4O3S/c1-2-38-29(37)26-27(20-10-4-3-5-11-20)34-30-35(28(26)23-13-6-7-14-24(23)31)22(19-39-30)18-25(36)33-17-15-21-12-8-9-16-32-21/h3-14,16,19,28H,2,15,17-18H2,1H3,(H,33,36). The molecule has 9 heteroatoms. The molecular weight excluding hydrogens is 532 g/mol. The first-order chi connectivity index (χ1) is 19.1. The summed E-state index contributed by atoms with van der Waals surface area (Å²) in [4.78, 5) is 37.7. The van der Waals surface area contributed by atoms with E-state index in [1.54, 1.807) is 19.2 Å². The highest BCUT2D eigenvalue weighted by Gasteiger charge is 2.43. The second-order valence-electron chi connectivity index (χ2n) is 8.86. The number of carbonyl (C=O) groups excluding carboxylic acids is 2. The van der Waals surface area contributed by atoms with Crippen molar-refractivity contribution in [2.75, 3.05) is 13.2 Å². The molecule has 0 fully saturated rings. The lowest BCUT2D eigenvalue weighted by atomic mass is 9.91. The first-order valence-electron chi connectivity index (χ1n) is 12.7. The summed E-state index contributed by atoms with van der Waals surface area (Å²) in [5, 5.41) is 6.08. The van der Waals surface area contributed by atoms with Crippen LogP contribution in [0.1, 0.15) is 36.2 Å². The van der Waals surface area contributed by atoms with E-state index in [1.165, 1.54) is 11.8 Å². The highest BCUT2D eigenvalue weighted by molar-refractivity contribution is 8.16. The van der Waals surface area contributed by atoms with Crippen molar-refractivity contribution in [3.63, 3.8) is 0 Å². The zero-order chi connectivity index (χ0) is 27.2. The number of halogens is 1. The SMILES string of the molecule is CCOC(=O)C1=C(c2ccccc2)N=C2SC=C(CC(=O)NCCc3ccccn3)N2C1c1ccccc1Cl. The molecule has 1 atom stereocenters. The predicted molar refractivity (Wildman–Crippen MR) is 155 cm³/mol. The van der Waals surface area contributed by atoms with E-state index in [1.807, 2.05) is 77.0 Å². The lowest BCUT2D eigenvalue weighted by molar-refractivity contribution is -0.139. The number of aromatic nitrogens is 1. The average Bonchev–Trinajstić information content (AvgIpc) is 3.35. The van der Waals surface area contributed by atoms with Crippen LogP contribution < -0.4 is 5.32 Å². The maximum atomic E-state index is 13.5. The minimum absolute atomic E-state index is 0.117. The van der Waals surface area contributed by atoms with Crippen LogP contribution in [0.3, 0.4) is 0 Å². The number of amides is 1. The molecule has 2 aliphatic heterocycles. The van der Waals surface area contributed by atoms with Gasteiger partial charge in [0.2, 0.25) is 5.91 Å². The zero-order valence-corrected chi connectivity index (χ0v) is 22.9. The topological polar surface area (TPSA) is 83.9 Å². The fraction of sp³-hybridized carbons (Fsp3) is 0.200. The highest BCUT2D eigenvalue weighted by Crippen LogP contribution is 2.48. The van der Waals surface area contributed by atoms with Gasteiger partial charge in [0.05, 0.1) is 30.3 Å². The number of esters is 1. The molecule has 198 valence electrons. The Morgan fingerprint density at radius 2 is 1.82 bits per heavy atom. The summed E-state index contributed by atoms with van der Waals surface area (Å²) in [5.41, 5.74) is 4.08. The van der Waals surface area contributed by atoms with Gasteiger partial charge in [-0.15, -0.1) is 0 Å². The van der Waals surface area contributed by atoms with Gasteiger partial charge >= 0.3 is 5.97 Å². The van der Waals surface area contributed by atoms with E-state index in [2.05, 4.69) is 10.3 Å². The van der Waals surface area contributed by atoms with Crippen LogP contribution in [0.2, 0.25) is 5.02 Å². The number of nitrogens with one attached hydrogen (secondary N) is 1. The van der Waals surface area contributed by atoms with E-state index in [0.29, 0.717) is 34.4 Å². The van der Waals surface area contributed by atoms with Crippen LogP contribution in [0.4, 0.5) is 0 Å².